The number of nitrogens with zero attached hydrogens (tertiary/aromatic N) is 4. The lowest BCUT2D eigenvalue weighted by atomic mass is 9.59. The van der Waals surface area contributed by atoms with Crippen molar-refractivity contribution in [3.05, 3.63) is 104 Å². The van der Waals surface area contributed by atoms with Crippen LogP contribution in [-0.4, -0.2) is 83.1 Å². The van der Waals surface area contributed by atoms with Gasteiger partial charge in [0, 0.05) is 65.1 Å². The molecule has 3 aliphatic heterocycles. The fraction of sp³-hybridized carbons (Fsp3) is 0.480. The molecule has 5 heterocycles. The Labute approximate surface area is 399 Å². The van der Waals surface area contributed by atoms with Crippen molar-refractivity contribution in [1.82, 2.24) is 19.6 Å². The minimum Gasteiger partial charge on any atom is -0.489 e. The number of fused-ring (bicyclic) bond motifs is 2. The fourth-order valence-corrected chi connectivity index (χ4v) is 12.9. The zero-order valence-corrected chi connectivity index (χ0v) is 40.5. The van der Waals surface area contributed by atoms with E-state index in [4.69, 9.17) is 9.47 Å². The molecule has 354 valence electrons. The second kappa shape index (κ2) is 17.7. The molecule has 2 saturated carbocycles. The van der Waals surface area contributed by atoms with Crippen molar-refractivity contribution in [2.45, 2.75) is 120 Å². The summed E-state index contributed by atoms with van der Waals surface area (Å²) in [6.45, 7) is 9.33. The van der Waals surface area contributed by atoms with Gasteiger partial charge in [-0.25, -0.2) is 18.1 Å². The van der Waals surface area contributed by atoms with Gasteiger partial charge in [0.05, 0.1) is 33.2 Å². The highest BCUT2D eigenvalue weighted by Gasteiger charge is 2.50. The van der Waals surface area contributed by atoms with Crippen LogP contribution < -0.4 is 24.4 Å². The molecule has 4 fully saturated rings. The lowest BCUT2D eigenvalue weighted by Crippen LogP contribution is -2.54. The lowest BCUT2D eigenvalue weighted by molar-refractivity contribution is -0.384. The van der Waals surface area contributed by atoms with E-state index in [9.17, 15) is 28.4 Å². The number of aliphatic hydroxyl groups is 1. The van der Waals surface area contributed by atoms with Gasteiger partial charge in [-0.3, -0.25) is 19.8 Å². The van der Waals surface area contributed by atoms with Crippen LogP contribution in [0.5, 0.6) is 17.2 Å². The predicted octanol–water partition coefficient (Wildman–Crippen LogP) is 9.97. The molecule has 3 aromatic carbocycles. The number of H-pyrrole nitrogens is 1. The van der Waals surface area contributed by atoms with Gasteiger partial charge in [-0.05, 0) is 140 Å². The SMILES string of the molecule is CC(C)c1ccccc1[C@@H]1CCCN1C1CC2(CCN(c3ccc(C(=O)NS(=O)(=O)c4cc5c(c([N+](=O)[O-])c4)N[C@@H]([C@H]4CC[C@](C)(O)CC4)CO5)c(Oc4cnc5[nH]cc(Br)c5c4)c3)CC2)C1. The minimum atomic E-state index is -4.67. The zero-order valence-electron chi connectivity index (χ0n) is 38.1. The molecule has 2 aliphatic carbocycles. The maximum atomic E-state index is 14.2. The number of nitrogens with one attached hydrogen (secondary N) is 3. The third kappa shape index (κ3) is 8.99. The second-order valence-electron chi connectivity index (χ2n) is 20.1. The van der Waals surface area contributed by atoms with Crippen molar-refractivity contribution in [2.24, 2.45) is 11.3 Å². The number of benzene rings is 3. The van der Waals surface area contributed by atoms with E-state index in [1.54, 1.807) is 24.4 Å². The van der Waals surface area contributed by atoms with Crippen LogP contribution in [0, 0.1) is 21.4 Å². The van der Waals surface area contributed by atoms with E-state index in [0.29, 0.717) is 55.1 Å². The van der Waals surface area contributed by atoms with E-state index in [0.717, 1.165) is 54.1 Å². The van der Waals surface area contributed by atoms with Crippen LogP contribution in [0.4, 0.5) is 17.1 Å². The number of hydrogen-bond donors (Lipinski definition) is 4. The number of amides is 1. The first-order valence-electron chi connectivity index (χ1n) is 23.6. The largest absolute Gasteiger partial charge is 0.489 e. The summed E-state index contributed by atoms with van der Waals surface area (Å²) < 4.78 is 43.3. The topological polar surface area (TPSA) is 192 Å². The first kappa shape index (κ1) is 45.5. The Hall–Kier alpha value is -5.23. The number of hydrogen-bond acceptors (Lipinski definition) is 12. The number of aromatic amines is 1. The molecule has 0 radical (unpaired) electrons. The Morgan fingerprint density at radius 2 is 1.81 bits per heavy atom. The standard InChI is InChI=1S/C50H58BrN7O8S/c1-30(2)36-7-4-5-8-37(36)42-9-6-18-57(42)33-25-50(26-33)16-19-56(20-17-50)32-10-11-38(44(21-32)66-34-22-39-40(51)28-53-47(39)52-27-34)48(59)55-67(63,64)35-23-43(58(61)62)46-45(24-35)65-29-41(54-46)31-12-14-49(3,60)15-13-31/h4-5,7-8,10-11,21-24,27-28,30-31,33,41-42,54,60H,6,9,12-20,25-26,29H2,1-3H3,(H,52,53)(H,55,59)/t31-,41-,42+,49-/m1/s1. The fourth-order valence-electron chi connectivity index (χ4n) is 11.5. The maximum Gasteiger partial charge on any atom is 0.297 e. The van der Waals surface area contributed by atoms with Crippen LogP contribution in [-0.2, 0) is 10.0 Å². The number of nitro groups is 1. The Morgan fingerprint density at radius 3 is 2.55 bits per heavy atom. The third-order valence-corrected chi connectivity index (χ3v) is 17.3. The number of likely N-dealkylation sites (tertiary alicyclic amines) is 1. The van der Waals surface area contributed by atoms with Gasteiger partial charge < -0.3 is 29.8 Å². The summed E-state index contributed by atoms with van der Waals surface area (Å²) in [5.41, 5.74) is 3.51. The summed E-state index contributed by atoms with van der Waals surface area (Å²) >= 11 is 3.54. The smallest absolute Gasteiger partial charge is 0.297 e. The number of carbonyl (C=O) groups excluding carboxylic acids is 1. The lowest BCUT2D eigenvalue weighted by Gasteiger charge is -2.56. The number of aromatic nitrogens is 2. The van der Waals surface area contributed by atoms with Gasteiger partial charge in [0.2, 0.25) is 0 Å². The summed E-state index contributed by atoms with van der Waals surface area (Å²) in [4.78, 5) is 38.0. The molecule has 10 rings (SSSR count). The van der Waals surface area contributed by atoms with Crippen molar-refractivity contribution >= 4 is 60.0 Å². The molecular formula is C50H58BrN7O8S. The Balaban J connectivity index is 0.863. The van der Waals surface area contributed by atoms with Crippen molar-refractivity contribution in [3.63, 3.8) is 0 Å². The number of rotatable bonds is 11. The van der Waals surface area contributed by atoms with Gasteiger partial charge in [0.25, 0.3) is 21.6 Å². The first-order chi connectivity index (χ1) is 32.1. The quantitative estimate of drug-likeness (QED) is 0.0724. The van der Waals surface area contributed by atoms with Crippen LogP contribution in [0.1, 0.15) is 118 Å². The molecule has 5 aliphatic rings. The molecule has 4 N–H and O–H groups in total. The van der Waals surface area contributed by atoms with Crippen LogP contribution in [0.2, 0.25) is 0 Å². The van der Waals surface area contributed by atoms with Gasteiger partial charge in [-0.1, -0.05) is 38.1 Å². The molecule has 17 heteroatoms. The Kier molecular flexibility index (Phi) is 12.0. The number of ether oxygens (including phenoxy) is 2. The number of piperidine rings is 1. The molecule has 2 saturated heterocycles. The van der Waals surface area contributed by atoms with Crippen LogP contribution >= 0.6 is 15.9 Å². The Morgan fingerprint density at radius 1 is 1.04 bits per heavy atom. The van der Waals surface area contributed by atoms with Crippen LogP contribution in [0.25, 0.3) is 11.0 Å². The summed E-state index contributed by atoms with van der Waals surface area (Å²) in [7, 11) is -4.67. The normalized spacial score (nSPS) is 24.2. The number of anilines is 2. The van der Waals surface area contributed by atoms with Crippen molar-refractivity contribution in [1.29, 1.82) is 0 Å². The molecule has 15 nitrogen and oxygen atoms in total. The molecule has 5 aromatic rings. The van der Waals surface area contributed by atoms with Gasteiger partial charge in [-0.2, -0.15) is 0 Å². The van der Waals surface area contributed by atoms with Gasteiger partial charge in [0.15, 0.2) is 11.4 Å². The van der Waals surface area contributed by atoms with E-state index in [2.05, 4.69) is 83.8 Å². The highest BCUT2D eigenvalue weighted by Crippen LogP contribution is 2.54. The van der Waals surface area contributed by atoms with E-state index in [-0.39, 0.29) is 46.7 Å². The predicted molar refractivity (Wildman–Crippen MR) is 260 cm³/mol. The molecule has 1 spiro atoms. The van der Waals surface area contributed by atoms with Crippen molar-refractivity contribution in [2.75, 3.05) is 36.5 Å². The zero-order chi connectivity index (χ0) is 46.8. The second-order valence-corrected chi connectivity index (χ2v) is 22.7. The molecule has 0 unspecified atom stereocenters. The number of pyridine rings is 1. The van der Waals surface area contributed by atoms with Crippen molar-refractivity contribution in [3.8, 4) is 17.2 Å². The summed E-state index contributed by atoms with van der Waals surface area (Å²) in [5, 5.41) is 26.9. The number of carbonyl (C=O) groups is 1. The van der Waals surface area contributed by atoms with E-state index in [1.807, 2.05) is 13.0 Å². The number of sulfonamides is 1. The Bertz CT molecular complexity index is 2830. The van der Waals surface area contributed by atoms with E-state index < -0.39 is 37.0 Å². The number of halogens is 1. The van der Waals surface area contributed by atoms with E-state index >= 15 is 0 Å². The molecular weight excluding hydrogens is 939 g/mol. The first-order valence-corrected chi connectivity index (χ1v) is 25.9. The highest BCUT2D eigenvalue weighted by atomic mass is 79.9. The maximum absolute atomic E-state index is 14.2. The van der Waals surface area contributed by atoms with E-state index in [1.165, 1.54) is 49.1 Å². The molecule has 2 aromatic heterocycles. The number of nitro benzene ring substituents is 1. The molecule has 67 heavy (non-hydrogen) atoms. The molecule has 1 amide bonds. The molecule has 0 bridgehead atoms. The summed E-state index contributed by atoms with van der Waals surface area (Å²) in [5.74, 6) is 0.0874. The van der Waals surface area contributed by atoms with Crippen LogP contribution in [0.3, 0.4) is 0 Å². The summed E-state index contributed by atoms with van der Waals surface area (Å²) in [6, 6.07) is 18.8. The average Bonchev–Trinajstić information content (AvgIpc) is 3.94. The third-order valence-electron chi connectivity index (χ3n) is 15.4. The van der Waals surface area contributed by atoms with Crippen LogP contribution in [0.15, 0.2) is 82.4 Å². The minimum absolute atomic E-state index is 0.00153. The molecule has 2 atom stereocenters. The van der Waals surface area contributed by atoms with Crippen molar-refractivity contribution < 1.29 is 32.7 Å². The monoisotopic (exact) mass is 995 g/mol. The highest BCUT2D eigenvalue weighted by molar-refractivity contribution is 9.10. The van der Waals surface area contributed by atoms with Gasteiger partial charge in [0.1, 0.15) is 23.8 Å². The average molecular weight is 997 g/mol. The van der Waals surface area contributed by atoms with Gasteiger partial charge >= 0.3 is 0 Å². The van der Waals surface area contributed by atoms with Gasteiger partial charge in [-0.15, -0.1) is 0 Å². The summed E-state index contributed by atoms with van der Waals surface area (Å²) in [6.07, 6.45) is 12.8.